The normalized spacial score (nSPS) is 30.2. The van der Waals surface area contributed by atoms with Gasteiger partial charge in [-0.15, -0.1) is 0 Å². The van der Waals surface area contributed by atoms with Crippen molar-refractivity contribution in [1.82, 2.24) is 0 Å². The van der Waals surface area contributed by atoms with Crippen molar-refractivity contribution < 1.29 is 35.4 Å². The molecule has 0 aliphatic heterocycles. The van der Waals surface area contributed by atoms with Gasteiger partial charge in [-0.2, -0.15) is 0 Å². The summed E-state index contributed by atoms with van der Waals surface area (Å²) in [5.41, 5.74) is 0. The minimum Gasteiger partial charge on any atom is -0.365 e. The van der Waals surface area contributed by atoms with E-state index in [0.29, 0.717) is 0 Å². The summed E-state index contributed by atoms with van der Waals surface area (Å²) in [5.74, 6) is -10.6. The van der Waals surface area contributed by atoms with E-state index < -0.39 is 36.0 Å². The molecule has 7 nitrogen and oxygen atoms in total. The van der Waals surface area contributed by atoms with Crippen LogP contribution < -0.4 is 0 Å². The molecule has 0 atom stereocenters. The van der Waals surface area contributed by atoms with E-state index in [9.17, 15) is 4.79 Å². The molecule has 0 unspecified atom stereocenters. The molecular weight excluding hydrogens is 184 g/mol. The minimum absolute atomic E-state index is 1.08. The van der Waals surface area contributed by atoms with Gasteiger partial charge in [-0.1, -0.05) is 0 Å². The summed E-state index contributed by atoms with van der Waals surface area (Å²) >= 11 is 0. The van der Waals surface area contributed by atoms with Gasteiger partial charge in [-0.3, -0.25) is 4.79 Å². The maximum atomic E-state index is 10.8. The summed E-state index contributed by atoms with van der Waals surface area (Å²) in [6.07, 6.45) is -2.16. The lowest BCUT2D eigenvalue weighted by Gasteiger charge is -2.40. The van der Waals surface area contributed by atoms with Gasteiger partial charge < -0.3 is 30.6 Å². The van der Waals surface area contributed by atoms with Gasteiger partial charge in [-0.05, 0) is 0 Å². The number of ketones is 1. The number of rotatable bonds is 0. The van der Waals surface area contributed by atoms with E-state index in [-0.39, 0.29) is 0 Å². The zero-order chi connectivity index (χ0) is 10.5. The van der Waals surface area contributed by atoms with Gasteiger partial charge in [0, 0.05) is 0 Å². The Morgan fingerprint density at radius 3 is 1.46 bits per heavy atom. The van der Waals surface area contributed by atoms with E-state index in [2.05, 4.69) is 0 Å². The van der Waals surface area contributed by atoms with E-state index in [1.54, 1.807) is 0 Å². The van der Waals surface area contributed by atoms with Crippen LogP contribution in [0.25, 0.3) is 0 Å². The van der Waals surface area contributed by atoms with E-state index in [4.69, 9.17) is 30.6 Å². The molecular formula is C6H10O7. The van der Waals surface area contributed by atoms with Crippen LogP contribution in [0.1, 0.15) is 12.8 Å². The van der Waals surface area contributed by atoms with Crippen molar-refractivity contribution in [1.29, 1.82) is 0 Å². The monoisotopic (exact) mass is 194 g/mol. The smallest absolute Gasteiger partial charge is 0.250 e. The third-order valence-electron chi connectivity index (χ3n) is 1.79. The van der Waals surface area contributed by atoms with Gasteiger partial charge >= 0.3 is 0 Å². The van der Waals surface area contributed by atoms with Crippen LogP contribution in [0.15, 0.2) is 0 Å². The van der Waals surface area contributed by atoms with Crippen molar-refractivity contribution in [2.75, 3.05) is 0 Å². The summed E-state index contributed by atoms with van der Waals surface area (Å²) in [5, 5.41) is 53.4. The Bertz CT molecular complexity index is 219. The first kappa shape index (κ1) is 10.5. The van der Waals surface area contributed by atoms with Gasteiger partial charge in [0.15, 0.2) is 5.79 Å². The lowest BCUT2D eigenvalue weighted by atomic mass is 9.83. The Morgan fingerprint density at radius 2 is 1.15 bits per heavy atom. The van der Waals surface area contributed by atoms with E-state index >= 15 is 0 Å². The third-order valence-corrected chi connectivity index (χ3v) is 1.79. The van der Waals surface area contributed by atoms with Gasteiger partial charge in [0.2, 0.25) is 17.4 Å². The molecule has 0 aromatic rings. The van der Waals surface area contributed by atoms with Crippen molar-refractivity contribution in [3.05, 3.63) is 0 Å². The second-order valence-electron chi connectivity index (χ2n) is 3.30. The lowest BCUT2D eigenvalue weighted by Crippen LogP contribution is -2.64. The molecule has 0 aromatic carbocycles. The number of aliphatic hydroxyl groups is 6. The molecule has 6 N–H and O–H groups in total. The summed E-state index contributed by atoms with van der Waals surface area (Å²) in [6, 6.07) is 0. The summed E-state index contributed by atoms with van der Waals surface area (Å²) in [4.78, 5) is 10.8. The second kappa shape index (κ2) is 2.47. The predicted molar refractivity (Wildman–Crippen MR) is 35.7 cm³/mol. The highest BCUT2D eigenvalue weighted by Crippen LogP contribution is 2.34. The Hall–Kier alpha value is -0.570. The van der Waals surface area contributed by atoms with Gasteiger partial charge in [0.25, 0.3) is 0 Å². The molecule has 1 aliphatic carbocycles. The van der Waals surface area contributed by atoms with Crippen LogP contribution >= 0.6 is 0 Å². The molecule has 1 fully saturated rings. The minimum atomic E-state index is -3.13. The van der Waals surface area contributed by atoms with Crippen LogP contribution in [0.4, 0.5) is 0 Å². The van der Waals surface area contributed by atoms with E-state index in [1.165, 1.54) is 0 Å². The Balaban J connectivity index is 3.03. The molecule has 1 rings (SSSR count). The molecule has 7 heteroatoms. The molecule has 0 amide bonds. The lowest BCUT2D eigenvalue weighted by molar-refractivity contribution is -0.319. The van der Waals surface area contributed by atoms with E-state index in [0.717, 1.165) is 0 Å². The van der Waals surface area contributed by atoms with Crippen LogP contribution in [-0.2, 0) is 4.79 Å². The van der Waals surface area contributed by atoms with Crippen LogP contribution in [0.2, 0.25) is 0 Å². The second-order valence-corrected chi connectivity index (χ2v) is 3.30. The zero-order valence-corrected chi connectivity index (χ0v) is 6.51. The average molecular weight is 194 g/mol. The molecule has 1 aliphatic rings. The Kier molecular flexibility index (Phi) is 2.00. The van der Waals surface area contributed by atoms with Crippen molar-refractivity contribution in [3.63, 3.8) is 0 Å². The highest BCUT2D eigenvalue weighted by molar-refractivity contribution is 5.92. The zero-order valence-electron chi connectivity index (χ0n) is 6.51. The summed E-state index contributed by atoms with van der Waals surface area (Å²) in [7, 11) is 0. The number of hydrogen-bond acceptors (Lipinski definition) is 7. The molecule has 13 heavy (non-hydrogen) atoms. The van der Waals surface area contributed by atoms with E-state index in [1.807, 2.05) is 0 Å². The summed E-state index contributed by atoms with van der Waals surface area (Å²) in [6.45, 7) is 0. The fraction of sp³-hybridized carbons (Fsp3) is 0.833. The topological polar surface area (TPSA) is 138 Å². The van der Waals surface area contributed by atoms with Crippen LogP contribution in [0.3, 0.4) is 0 Å². The molecule has 0 aromatic heterocycles. The number of carbonyl (C=O) groups excluding carboxylic acids is 1. The Labute approximate surface area is 72.5 Å². The van der Waals surface area contributed by atoms with Crippen molar-refractivity contribution in [2.45, 2.75) is 30.2 Å². The standard InChI is InChI=1S/C6H10O7/c7-3-5(10,11)1-4(8,9)2-6(3,12)13/h8-13H,1-2H2. The first-order valence-corrected chi connectivity index (χ1v) is 3.46. The van der Waals surface area contributed by atoms with Gasteiger partial charge in [0.1, 0.15) is 0 Å². The molecule has 0 radical (unpaired) electrons. The molecule has 1 saturated carbocycles. The quantitative estimate of drug-likeness (QED) is 0.219. The van der Waals surface area contributed by atoms with Crippen molar-refractivity contribution >= 4 is 5.78 Å². The fourth-order valence-corrected chi connectivity index (χ4v) is 1.33. The van der Waals surface area contributed by atoms with Crippen LogP contribution in [0.5, 0.6) is 0 Å². The van der Waals surface area contributed by atoms with Crippen LogP contribution in [-0.4, -0.2) is 53.8 Å². The van der Waals surface area contributed by atoms with Crippen LogP contribution in [0, 0.1) is 0 Å². The molecule has 0 heterocycles. The molecule has 0 spiro atoms. The Morgan fingerprint density at radius 1 is 0.846 bits per heavy atom. The molecule has 76 valence electrons. The third kappa shape index (κ3) is 1.85. The molecule has 0 saturated heterocycles. The van der Waals surface area contributed by atoms with Crippen molar-refractivity contribution in [2.24, 2.45) is 0 Å². The SMILES string of the molecule is O=C1C(O)(O)CC(O)(O)CC1(O)O. The maximum Gasteiger partial charge on any atom is 0.250 e. The number of Topliss-reactive ketones (excluding diaryl/α,β-unsaturated/α-hetero) is 1. The van der Waals surface area contributed by atoms with Gasteiger partial charge in [0.05, 0.1) is 12.8 Å². The first-order chi connectivity index (χ1) is 5.57. The number of carbonyl (C=O) groups is 1. The highest BCUT2D eigenvalue weighted by Gasteiger charge is 2.59. The maximum absolute atomic E-state index is 10.8. The predicted octanol–water partition coefficient (Wildman–Crippen LogP) is -3.61. The first-order valence-electron chi connectivity index (χ1n) is 3.46. The highest BCUT2D eigenvalue weighted by atomic mass is 16.6. The number of hydrogen-bond donors (Lipinski definition) is 6. The fourth-order valence-electron chi connectivity index (χ4n) is 1.33. The van der Waals surface area contributed by atoms with Crippen molar-refractivity contribution in [3.8, 4) is 0 Å². The average Bonchev–Trinajstić information content (AvgIpc) is 1.77. The largest absolute Gasteiger partial charge is 0.365 e. The van der Waals surface area contributed by atoms with Gasteiger partial charge in [-0.25, -0.2) is 0 Å². The summed E-state index contributed by atoms with van der Waals surface area (Å²) < 4.78 is 0. The molecule has 0 bridgehead atoms.